The Morgan fingerprint density at radius 1 is 1.36 bits per heavy atom. The third kappa shape index (κ3) is 2.07. The molecule has 1 N–H and O–H groups in total. The molecule has 0 aromatic carbocycles. The van der Waals surface area contributed by atoms with E-state index in [0.717, 1.165) is 25.7 Å². The molecule has 0 radical (unpaired) electrons. The first-order valence-electron chi connectivity index (χ1n) is 4.09. The molecule has 0 aliphatic heterocycles. The van der Waals surface area contributed by atoms with E-state index >= 15 is 0 Å². The Balaban J connectivity index is 2.35. The van der Waals surface area contributed by atoms with Gasteiger partial charge in [0, 0.05) is 0 Å². The number of aliphatic carboxylic acids is 1. The van der Waals surface area contributed by atoms with Gasteiger partial charge in [-0.05, 0) is 31.6 Å². The SMILES string of the molecule is C=C[C@H]1CC[C@H](C(=O)O)CC1. The number of allylic oxidation sites excluding steroid dienone is 1. The van der Waals surface area contributed by atoms with Crippen LogP contribution in [0.5, 0.6) is 0 Å². The lowest BCUT2D eigenvalue weighted by molar-refractivity contribution is -0.142. The van der Waals surface area contributed by atoms with E-state index in [1.165, 1.54) is 0 Å². The Morgan fingerprint density at radius 3 is 2.27 bits per heavy atom. The molecule has 0 heterocycles. The molecule has 0 aromatic heterocycles. The predicted molar refractivity (Wildman–Crippen MR) is 43.3 cm³/mol. The van der Waals surface area contributed by atoms with E-state index in [2.05, 4.69) is 6.58 Å². The monoisotopic (exact) mass is 154 g/mol. The minimum Gasteiger partial charge on any atom is -0.481 e. The second-order valence-electron chi connectivity index (χ2n) is 3.19. The number of carbonyl (C=O) groups is 1. The van der Waals surface area contributed by atoms with Gasteiger partial charge < -0.3 is 5.11 Å². The third-order valence-corrected chi connectivity index (χ3v) is 2.45. The van der Waals surface area contributed by atoms with Crippen LogP contribution in [-0.2, 0) is 4.79 Å². The normalized spacial score (nSPS) is 31.3. The van der Waals surface area contributed by atoms with Gasteiger partial charge in [-0.15, -0.1) is 6.58 Å². The van der Waals surface area contributed by atoms with Gasteiger partial charge in [0.15, 0.2) is 0 Å². The lowest BCUT2D eigenvalue weighted by Crippen LogP contribution is -2.20. The number of carboxylic acids is 1. The van der Waals surface area contributed by atoms with Crippen LogP contribution < -0.4 is 0 Å². The number of hydrogen-bond acceptors (Lipinski definition) is 1. The Labute approximate surface area is 66.9 Å². The Hall–Kier alpha value is -0.790. The van der Waals surface area contributed by atoms with E-state index in [0.29, 0.717) is 5.92 Å². The Bertz CT molecular complexity index is 155. The van der Waals surface area contributed by atoms with E-state index in [1.807, 2.05) is 6.08 Å². The molecular weight excluding hydrogens is 140 g/mol. The summed E-state index contributed by atoms with van der Waals surface area (Å²) in [4.78, 5) is 10.5. The van der Waals surface area contributed by atoms with Gasteiger partial charge in [-0.1, -0.05) is 6.08 Å². The summed E-state index contributed by atoms with van der Waals surface area (Å²) >= 11 is 0. The summed E-state index contributed by atoms with van der Waals surface area (Å²) < 4.78 is 0. The highest BCUT2D eigenvalue weighted by molar-refractivity contribution is 5.69. The lowest BCUT2D eigenvalue weighted by atomic mass is 9.82. The smallest absolute Gasteiger partial charge is 0.306 e. The van der Waals surface area contributed by atoms with Crippen LogP contribution in [0.2, 0.25) is 0 Å². The molecule has 0 spiro atoms. The molecule has 1 fully saturated rings. The Kier molecular flexibility index (Phi) is 2.69. The molecule has 0 bridgehead atoms. The second kappa shape index (κ2) is 3.56. The van der Waals surface area contributed by atoms with Gasteiger partial charge in [0.2, 0.25) is 0 Å². The zero-order chi connectivity index (χ0) is 8.27. The molecule has 1 rings (SSSR count). The fraction of sp³-hybridized carbons (Fsp3) is 0.667. The second-order valence-corrected chi connectivity index (χ2v) is 3.19. The summed E-state index contributed by atoms with van der Waals surface area (Å²) in [6.45, 7) is 3.71. The summed E-state index contributed by atoms with van der Waals surface area (Å²) in [5, 5.41) is 8.67. The van der Waals surface area contributed by atoms with E-state index in [4.69, 9.17) is 5.11 Å². The van der Waals surface area contributed by atoms with Crippen molar-refractivity contribution in [2.24, 2.45) is 11.8 Å². The van der Waals surface area contributed by atoms with Crippen LogP contribution in [-0.4, -0.2) is 11.1 Å². The van der Waals surface area contributed by atoms with Crippen molar-refractivity contribution in [3.8, 4) is 0 Å². The summed E-state index contributed by atoms with van der Waals surface area (Å²) in [5.41, 5.74) is 0. The van der Waals surface area contributed by atoms with Crippen LogP contribution in [0.1, 0.15) is 25.7 Å². The van der Waals surface area contributed by atoms with Crippen molar-refractivity contribution < 1.29 is 9.90 Å². The average Bonchev–Trinajstić information content (AvgIpc) is 2.05. The standard InChI is InChI=1S/C9H14O2/c1-2-7-3-5-8(6-4-7)9(10)11/h2,7-8H,1,3-6H2,(H,10,11)/t7-,8-. The van der Waals surface area contributed by atoms with Gasteiger partial charge in [0.25, 0.3) is 0 Å². The molecule has 0 saturated heterocycles. The first kappa shape index (κ1) is 8.31. The third-order valence-electron chi connectivity index (χ3n) is 2.45. The molecule has 0 unspecified atom stereocenters. The van der Waals surface area contributed by atoms with Gasteiger partial charge in [-0.3, -0.25) is 4.79 Å². The van der Waals surface area contributed by atoms with Crippen LogP contribution in [0.4, 0.5) is 0 Å². The largest absolute Gasteiger partial charge is 0.481 e. The highest BCUT2D eigenvalue weighted by atomic mass is 16.4. The zero-order valence-electron chi connectivity index (χ0n) is 6.62. The maximum atomic E-state index is 10.5. The van der Waals surface area contributed by atoms with Crippen molar-refractivity contribution in [3.63, 3.8) is 0 Å². The number of carboxylic acid groups (broad SMARTS) is 1. The molecular formula is C9H14O2. The highest BCUT2D eigenvalue weighted by Gasteiger charge is 2.23. The first-order chi connectivity index (χ1) is 5.24. The summed E-state index contributed by atoms with van der Waals surface area (Å²) in [7, 11) is 0. The average molecular weight is 154 g/mol. The van der Waals surface area contributed by atoms with Gasteiger partial charge in [0.05, 0.1) is 5.92 Å². The van der Waals surface area contributed by atoms with Crippen molar-refractivity contribution in [2.75, 3.05) is 0 Å². The molecule has 1 aliphatic rings. The van der Waals surface area contributed by atoms with Crippen molar-refractivity contribution in [1.82, 2.24) is 0 Å². The van der Waals surface area contributed by atoms with Crippen LogP contribution in [0.25, 0.3) is 0 Å². The zero-order valence-corrected chi connectivity index (χ0v) is 6.62. The summed E-state index contributed by atoms with van der Waals surface area (Å²) in [5.74, 6) is -0.163. The molecule has 0 aromatic rings. The molecule has 2 nitrogen and oxygen atoms in total. The molecule has 11 heavy (non-hydrogen) atoms. The van der Waals surface area contributed by atoms with Gasteiger partial charge in [0.1, 0.15) is 0 Å². The van der Waals surface area contributed by atoms with Crippen molar-refractivity contribution >= 4 is 5.97 Å². The first-order valence-corrected chi connectivity index (χ1v) is 4.09. The van der Waals surface area contributed by atoms with Crippen LogP contribution in [0, 0.1) is 11.8 Å². The topological polar surface area (TPSA) is 37.3 Å². The van der Waals surface area contributed by atoms with E-state index < -0.39 is 5.97 Å². The van der Waals surface area contributed by atoms with Gasteiger partial charge in [-0.25, -0.2) is 0 Å². The minimum atomic E-state index is -0.632. The molecule has 62 valence electrons. The van der Waals surface area contributed by atoms with E-state index in [9.17, 15) is 4.79 Å². The van der Waals surface area contributed by atoms with Crippen molar-refractivity contribution in [1.29, 1.82) is 0 Å². The lowest BCUT2D eigenvalue weighted by Gasteiger charge is -2.23. The Morgan fingerprint density at radius 2 is 1.91 bits per heavy atom. The van der Waals surface area contributed by atoms with Crippen LogP contribution in [0.15, 0.2) is 12.7 Å². The quantitative estimate of drug-likeness (QED) is 0.618. The number of hydrogen-bond donors (Lipinski definition) is 1. The maximum Gasteiger partial charge on any atom is 0.306 e. The van der Waals surface area contributed by atoms with Crippen molar-refractivity contribution in [3.05, 3.63) is 12.7 Å². The molecule has 1 saturated carbocycles. The maximum absolute atomic E-state index is 10.5. The van der Waals surface area contributed by atoms with Crippen LogP contribution in [0.3, 0.4) is 0 Å². The van der Waals surface area contributed by atoms with E-state index in [-0.39, 0.29) is 5.92 Å². The molecule has 1 aliphatic carbocycles. The van der Waals surface area contributed by atoms with Crippen molar-refractivity contribution in [2.45, 2.75) is 25.7 Å². The fourth-order valence-corrected chi connectivity index (χ4v) is 1.60. The van der Waals surface area contributed by atoms with E-state index in [1.54, 1.807) is 0 Å². The minimum absolute atomic E-state index is 0.0915. The van der Waals surface area contributed by atoms with Gasteiger partial charge in [-0.2, -0.15) is 0 Å². The molecule has 0 amide bonds. The van der Waals surface area contributed by atoms with Gasteiger partial charge >= 0.3 is 5.97 Å². The van der Waals surface area contributed by atoms with Crippen LogP contribution >= 0.6 is 0 Å². The fourth-order valence-electron chi connectivity index (χ4n) is 1.60. The number of rotatable bonds is 2. The summed E-state index contributed by atoms with van der Waals surface area (Å²) in [6.07, 6.45) is 5.59. The highest BCUT2D eigenvalue weighted by Crippen LogP contribution is 2.29. The molecule has 0 atom stereocenters. The molecule has 2 heteroatoms. The summed E-state index contributed by atoms with van der Waals surface area (Å²) in [6, 6.07) is 0. The predicted octanol–water partition coefficient (Wildman–Crippen LogP) is 2.06.